The van der Waals surface area contributed by atoms with Gasteiger partial charge in [0.25, 0.3) is 0 Å². The van der Waals surface area contributed by atoms with Gasteiger partial charge in [-0.15, -0.1) is 24.8 Å². The molecule has 1 aromatic carbocycles. The fraction of sp³-hybridized carbons (Fsp3) is 0.611. The molecule has 1 unspecified atom stereocenters. The maximum absolute atomic E-state index is 12.4. The van der Waals surface area contributed by atoms with Crippen molar-refractivity contribution in [3.63, 3.8) is 0 Å². The molecule has 0 bridgehead atoms. The van der Waals surface area contributed by atoms with Gasteiger partial charge in [0.15, 0.2) is 0 Å². The van der Waals surface area contributed by atoms with Gasteiger partial charge in [-0.25, -0.2) is 0 Å². The van der Waals surface area contributed by atoms with Gasteiger partial charge in [0.1, 0.15) is 12.4 Å². The minimum absolute atomic E-state index is 0. The molecule has 1 spiro atoms. The topological polar surface area (TPSA) is 53.6 Å². The molecule has 2 aliphatic rings. The molecule has 142 valence electrons. The van der Waals surface area contributed by atoms with Crippen molar-refractivity contribution in [1.29, 1.82) is 0 Å². The van der Waals surface area contributed by atoms with E-state index in [0.717, 1.165) is 50.3 Å². The highest BCUT2D eigenvalue weighted by molar-refractivity contribution is 5.95. The van der Waals surface area contributed by atoms with E-state index < -0.39 is 0 Å². The van der Waals surface area contributed by atoms with Gasteiger partial charge in [0.2, 0.25) is 5.91 Å². The first kappa shape index (κ1) is 22.0. The second-order valence-electron chi connectivity index (χ2n) is 7.03. The second-order valence-corrected chi connectivity index (χ2v) is 7.03. The van der Waals surface area contributed by atoms with E-state index in [1.54, 1.807) is 0 Å². The van der Waals surface area contributed by atoms with Crippen LogP contribution >= 0.6 is 24.8 Å². The quantitative estimate of drug-likeness (QED) is 0.785. The van der Waals surface area contributed by atoms with Crippen LogP contribution in [0.5, 0.6) is 5.75 Å². The van der Waals surface area contributed by atoms with Crippen molar-refractivity contribution in [3.05, 3.63) is 24.3 Å². The Morgan fingerprint density at radius 2 is 1.88 bits per heavy atom. The predicted molar refractivity (Wildman–Crippen MR) is 106 cm³/mol. The number of benzene rings is 1. The summed E-state index contributed by atoms with van der Waals surface area (Å²) in [5, 5.41) is 6.42. The molecule has 2 fully saturated rings. The Balaban J connectivity index is 0.00000156. The molecule has 3 rings (SSSR count). The fourth-order valence-corrected chi connectivity index (χ4v) is 3.41. The molecule has 1 atom stereocenters. The van der Waals surface area contributed by atoms with Crippen molar-refractivity contribution in [3.8, 4) is 5.75 Å². The summed E-state index contributed by atoms with van der Waals surface area (Å²) in [5.41, 5.74) is 1.14. The number of rotatable bonds is 6. The third-order valence-electron chi connectivity index (χ3n) is 5.03. The maximum Gasteiger partial charge on any atom is 0.228 e. The van der Waals surface area contributed by atoms with Crippen LogP contribution in [0.1, 0.15) is 19.3 Å². The normalized spacial score (nSPS) is 20.4. The van der Waals surface area contributed by atoms with Crippen molar-refractivity contribution >= 4 is 36.4 Å². The van der Waals surface area contributed by atoms with Crippen molar-refractivity contribution in [2.75, 3.05) is 45.7 Å². The van der Waals surface area contributed by atoms with Crippen LogP contribution in [0.4, 0.5) is 5.69 Å². The van der Waals surface area contributed by atoms with Gasteiger partial charge in [0.05, 0.1) is 0 Å². The molecular weight excluding hydrogens is 361 g/mol. The van der Waals surface area contributed by atoms with Gasteiger partial charge >= 0.3 is 0 Å². The number of amides is 1. The molecule has 1 saturated carbocycles. The molecule has 1 aliphatic heterocycles. The number of halogens is 2. The first-order valence-corrected chi connectivity index (χ1v) is 8.48. The SMILES string of the molecule is CN(C)CCOc1ccc(NC(=O)C2CC23CCNCC3)cc1.Cl.Cl. The van der Waals surface area contributed by atoms with Crippen LogP contribution in [0.3, 0.4) is 0 Å². The van der Waals surface area contributed by atoms with E-state index in [1.807, 2.05) is 38.4 Å². The smallest absolute Gasteiger partial charge is 0.228 e. The number of anilines is 1. The maximum atomic E-state index is 12.4. The third-order valence-corrected chi connectivity index (χ3v) is 5.03. The minimum atomic E-state index is 0. The Hall–Kier alpha value is -1.01. The van der Waals surface area contributed by atoms with Gasteiger partial charge in [-0.2, -0.15) is 0 Å². The molecule has 1 heterocycles. The monoisotopic (exact) mass is 389 g/mol. The Bertz CT molecular complexity index is 546. The minimum Gasteiger partial charge on any atom is -0.492 e. The first-order valence-electron chi connectivity index (χ1n) is 8.48. The van der Waals surface area contributed by atoms with Crippen LogP contribution in [0.25, 0.3) is 0 Å². The van der Waals surface area contributed by atoms with Crippen molar-refractivity contribution in [2.24, 2.45) is 11.3 Å². The van der Waals surface area contributed by atoms with E-state index >= 15 is 0 Å². The molecular formula is C18H29Cl2N3O2. The predicted octanol–water partition coefficient (Wildman–Crippen LogP) is 2.80. The first-order chi connectivity index (χ1) is 11.1. The van der Waals surface area contributed by atoms with Crippen molar-refractivity contribution in [2.45, 2.75) is 19.3 Å². The summed E-state index contributed by atoms with van der Waals surface area (Å²) < 4.78 is 5.67. The fourth-order valence-electron chi connectivity index (χ4n) is 3.41. The van der Waals surface area contributed by atoms with Gasteiger partial charge in [-0.3, -0.25) is 4.79 Å². The van der Waals surface area contributed by atoms with E-state index in [9.17, 15) is 4.79 Å². The van der Waals surface area contributed by atoms with Gasteiger partial charge in [-0.1, -0.05) is 0 Å². The molecule has 1 amide bonds. The van der Waals surface area contributed by atoms with E-state index in [-0.39, 0.29) is 42.1 Å². The van der Waals surface area contributed by atoms with E-state index in [2.05, 4.69) is 15.5 Å². The van der Waals surface area contributed by atoms with Gasteiger partial charge in [-0.05, 0) is 76.1 Å². The zero-order valence-electron chi connectivity index (χ0n) is 14.9. The summed E-state index contributed by atoms with van der Waals surface area (Å²) in [6.45, 7) is 3.64. The average molecular weight is 390 g/mol. The molecule has 1 saturated heterocycles. The Morgan fingerprint density at radius 1 is 1.24 bits per heavy atom. The molecule has 1 aromatic rings. The Kier molecular flexibility index (Phi) is 8.48. The van der Waals surface area contributed by atoms with Gasteiger partial charge in [0, 0.05) is 18.2 Å². The van der Waals surface area contributed by atoms with E-state index in [1.165, 1.54) is 0 Å². The number of hydrogen-bond acceptors (Lipinski definition) is 4. The number of nitrogens with zero attached hydrogens (tertiary/aromatic N) is 1. The van der Waals surface area contributed by atoms with Gasteiger partial charge < -0.3 is 20.3 Å². The van der Waals surface area contributed by atoms with Crippen molar-refractivity contribution < 1.29 is 9.53 Å². The van der Waals surface area contributed by atoms with Crippen LogP contribution in [-0.4, -0.2) is 51.1 Å². The van der Waals surface area contributed by atoms with Crippen LogP contribution in [-0.2, 0) is 4.79 Å². The van der Waals surface area contributed by atoms with E-state index in [0.29, 0.717) is 6.61 Å². The number of carbonyl (C=O) groups excluding carboxylic acids is 1. The molecule has 2 N–H and O–H groups in total. The highest BCUT2D eigenvalue weighted by atomic mass is 35.5. The largest absolute Gasteiger partial charge is 0.492 e. The molecule has 0 radical (unpaired) electrons. The standard InChI is InChI=1S/C18H27N3O2.2ClH/c1-21(2)11-12-23-15-5-3-14(4-6-15)20-17(22)16-13-18(16)7-9-19-10-8-18;;/h3-6,16,19H,7-13H2,1-2H3,(H,20,22);2*1H. The summed E-state index contributed by atoms with van der Waals surface area (Å²) in [7, 11) is 4.05. The lowest BCUT2D eigenvalue weighted by molar-refractivity contribution is -0.118. The number of ether oxygens (including phenoxy) is 1. The second kappa shape index (κ2) is 9.62. The Labute approximate surface area is 162 Å². The van der Waals surface area contributed by atoms with E-state index in [4.69, 9.17) is 4.74 Å². The highest BCUT2D eigenvalue weighted by Crippen LogP contribution is 2.58. The van der Waals surface area contributed by atoms with Crippen LogP contribution in [0.2, 0.25) is 0 Å². The third kappa shape index (κ3) is 5.74. The lowest BCUT2D eigenvalue weighted by atomic mass is 9.92. The summed E-state index contributed by atoms with van der Waals surface area (Å²) in [5.74, 6) is 1.21. The lowest BCUT2D eigenvalue weighted by Gasteiger charge is -2.23. The van der Waals surface area contributed by atoms with Crippen LogP contribution in [0, 0.1) is 11.3 Å². The summed E-state index contributed by atoms with van der Waals surface area (Å²) >= 11 is 0. The lowest BCUT2D eigenvalue weighted by Crippen LogP contribution is -2.31. The molecule has 7 heteroatoms. The van der Waals surface area contributed by atoms with Crippen LogP contribution in [0.15, 0.2) is 24.3 Å². The number of likely N-dealkylation sites (N-methyl/N-ethyl adjacent to an activating group) is 1. The summed E-state index contributed by atoms with van der Waals surface area (Å²) in [4.78, 5) is 14.5. The highest BCUT2D eigenvalue weighted by Gasteiger charge is 2.57. The zero-order chi connectivity index (χ0) is 16.3. The average Bonchev–Trinajstić information content (AvgIpc) is 3.23. The number of carbonyl (C=O) groups is 1. The number of hydrogen-bond donors (Lipinski definition) is 2. The molecule has 1 aliphatic carbocycles. The summed E-state index contributed by atoms with van der Waals surface area (Å²) in [6.07, 6.45) is 3.31. The molecule has 5 nitrogen and oxygen atoms in total. The number of piperidine rings is 1. The Morgan fingerprint density at radius 3 is 2.48 bits per heavy atom. The molecule has 0 aromatic heterocycles. The summed E-state index contributed by atoms with van der Waals surface area (Å²) in [6, 6.07) is 7.66. The van der Waals surface area contributed by atoms with Crippen LogP contribution < -0.4 is 15.4 Å². The number of nitrogens with one attached hydrogen (secondary N) is 2. The van der Waals surface area contributed by atoms with Crippen molar-refractivity contribution in [1.82, 2.24) is 10.2 Å². The molecule has 25 heavy (non-hydrogen) atoms. The zero-order valence-corrected chi connectivity index (χ0v) is 16.5.